The van der Waals surface area contributed by atoms with Crippen molar-refractivity contribution in [2.45, 2.75) is 31.0 Å². The normalized spacial score (nSPS) is 21.2. The number of amides is 2. The van der Waals surface area contributed by atoms with E-state index in [4.69, 9.17) is 9.73 Å². The summed E-state index contributed by atoms with van der Waals surface area (Å²) in [5, 5.41) is 1.05. The molecule has 0 radical (unpaired) electrons. The Kier molecular flexibility index (Phi) is 6.37. The molecule has 2 amide bonds. The standard InChI is InChI=1S/C29H27F3N4O3/c30-29(31,32)27(38)35-13-9-19(17-35)18-36-25(34-28(26(36)37)10-14-39-15-11-28)22-6-3-20(4-7-22)23-8-5-21-2-1-12-33-24(21)16-23/h1-8,12,16,19H,9-11,13-15,17-18H2. The third-order valence-electron chi connectivity index (χ3n) is 7.88. The number of hydrogen-bond acceptors (Lipinski definition) is 5. The fourth-order valence-corrected chi connectivity index (χ4v) is 5.74. The van der Waals surface area contributed by atoms with Crippen LogP contribution in [0.5, 0.6) is 0 Å². The van der Waals surface area contributed by atoms with E-state index in [2.05, 4.69) is 4.98 Å². The summed E-state index contributed by atoms with van der Waals surface area (Å²) in [6.45, 7) is 1.03. The number of carbonyl (C=O) groups excluding carboxylic acids is 2. The molecule has 202 valence electrons. The van der Waals surface area contributed by atoms with E-state index in [0.717, 1.165) is 32.5 Å². The molecule has 1 atom stereocenters. The fourth-order valence-electron chi connectivity index (χ4n) is 5.74. The molecule has 4 heterocycles. The Morgan fingerprint density at radius 1 is 1.03 bits per heavy atom. The van der Waals surface area contributed by atoms with E-state index in [0.29, 0.717) is 38.3 Å². The van der Waals surface area contributed by atoms with Crippen LogP contribution in [0.1, 0.15) is 24.8 Å². The second kappa shape index (κ2) is 9.75. The third-order valence-corrected chi connectivity index (χ3v) is 7.88. The SMILES string of the molecule is O=C(N1CCC(CN2C(=O)C3(CCOCC3)N=C2c2ccc(-c3ccc4cccnc4c3)cc2)C1)C(F)(F)F. The molecule has 1 spiro atoms. The summed E-state index contributed by atoms with van der Waals surface area (Å²) in [5.41, 5.74) is 2.73. The van der Waals surface area contributed by atoms with Crippen LogP contribution in [0.15, 0.2) is 65.8 Å². The minimum atomic E-state index is -4.90. The van der Waals surface area contributed by atoms with Crippen molar-refractivity contribution >= 4 is 28.6 Å². The van der Waals surface area contributed by atoms with Gasteiger partial charge in [-0.2, -0.15) is 13.2 Å². The molecule has 0 aliphatic carbocycles. The first-order valence-corrected chi connectivity index (χ1v) is 13.0. The van der Waals surface area contributed by atoms with Gasteiger partial charge >= 0.3 is 12.1 Å². The fraction of sp³-hybridized carbons (Fsp3) is 0.379. The summed E-state index contributed by atoms with van der Waals surface area (Å²) >= 11 is 0. The number of likely N-dealkylation sites (tertiary alicyclic amines) is 1. The highest BCUT2D eigenvalue weighted by atomic mass is 19.4. The van der Waals surface area contributed by atoms with E-state index in [1.807, 2.05) is 54.6 Å². The first kappa shape index (κ1) is 25.5. The predicted molar refractivity (Wildman–Crippen MR) is 139 cm³/mol. The van der Waals surface area contributed by atoms with Crippen molar-refractivity contribution in [3.05, 3.63) is 66.4 Å². The van der Waals surface area contributed by atoms with Crippen molar-refractivity contribution in [1.82, 2.24) is 14.8 Å². The lowest BCUT2D eigenvalue weighted by Gasteiger charge is -2.30. The maximum atomic E-state index is 13.7. The van der Waals surface area contributed by atoms with Crippen molar-refractivity contribution in [2.24, 2.45) is 10.9 Å². The Labute approximate surface area is 223 Å². The molecule has 39 heavy (non-hydrogen) atoms. The highest BCUT2D eigenvalue weighted by Gasteiger charge is 2.50. The molecule has 2 saturated heterocycles. The van der Waals surface area contributed by atoms with Crippen molar-refractivity contribution in [3.8, 4) is 11.1 Å². The lowest BCUT2D eigenvalue weighted by Crippen LogP contribution is -2.47. The second-order valence-corrected chi connectivity index (χ2v) is 10.4. The molecule has 2 fully saturated rings. The van der Waals surface area contributed by atoms with Crippen molar-refractivity contribution < 1.29 is 27.5 Å². The molecule has 10 heteroatoms. The summed E-state index contributed by atoms with van der Waals surface area (Å²) in [4.78, 5) is 37.3. The molecule has 0 N–H and O–H groups in total. The number of pyridine rings is 1. The number of nitrogens with zero attached hydrogens (tertiary/aromatic N) is 4. The first-order chi connectivity index (χ1) is 18.7. The van der Waals surface area contributed by atoms with Crippen molar-refractivity contribution in [2.75, 3.05) is 32.8 Å². The van der Waals surface area contributed by atoms with E-state index in [9.17, 15) is 22.8 Å². The second-order valence-electron chi connectivity index (χ2n) is 10.4. The molecule has 6 rings (SSSR count). The molecule has 3 aromatic rings. The van der Waals surface area contributed by atoms with Crippen molar-refractivity contribution in [1.29, 1.82) is 0 Å². The van der Waals surface area contributed by atoms with Gasteiger partial charge in [-0.25, -0.2) is 0 Å². The Bertz CT molecular complexity index is 1450. The van der Waals surface area contributed by atoms with Gasteiger partial charge in [0.25, 0.3) is 5.91 Å². The molecular formula is C29H27F3N4O3. The van der Waals surface area contributed by atoms with Crippen LogP contribution in [-0.2, 0) is 14.3 Å². The zero-order valence-corrected chi connectivity index (χ0v) is 21.2. The average Bonchev–Trinajstić information content (AvgIpc) is 3.51. The van der Waals surface area contributed by atoms with Crippen LogP contribution in [0.4, 0.5) is 13.2 Å². The summed E-state index contributed by atoms with van der Waals surface area (Å²) in [6.07, 6.45) is -1.84. The van der Waals surface area contributed by atoms with E-state index in [-0.39, 0.29) is 31.5 Å². The quantitative estimate of drug-likeness (QED) is 0.494. The minimum Gasteiger partial charge on any atom is -0.381 e. The van der Waals surface area contributed by atoms with Crippen molar-refractivity contribution in [3.63, 3.8) is 0 Å². The van der Waals surface area contributed by atoms with Gasteiger partial charge in [-0.1, -0.05) is 42.5 Å². The number of halogens is 3. The number of aromatic nitrogens is 1. The molecule has 2 aromatic carbocycles. The van der Waals surface area contributed by atoms with E-state index < -0.39 is 17.6 Å². The number of hydrogen-bond donors (Lipinski definition) is 0. The van der Waals surface area contributed by atoms with Gasteiger partial charge in [0, 0.05) is 62.8 Å². The van der Waals surface area contributed by atoms with Crippen LogP contribution in [0.3, 0.4) is 0 Å². The number of amidine groups is 1. The average molecular weight is 537 g/mol. The molecule has 1 unspecified atom stereocenters. The summed E-state index contributed by atoms with van der Waals surface area (Å²) in [5.74, 6) is -1.72. The van der Waals surface area contributed by atoms with Gasteiger partial charge in [0.05, 0.1) is 5.52 Å². The monoisotopic (exact) mass is 536 g/mol. The summed E-state index contributed by atoms with van der Waals surface area (Å²) in [6, 6.07) is 17.8. The Morgan fingerprint density at radius 3 is 2.49 bits per heavy atom. The molecule has 1 aromatic heterocycles. The van der Waals surface area contributed by atoms with Gasteiger partial charge in [-0.3, -0.25) is 24.5 Å². The largest absolute Gasteiger partial charge is 0.471 e. The van der Waals surface area contributed by atoms with Gasteiger partial charge in [0.15, 0.2) is 0 Å². The summed E-state index contributed by atoms with van der Waals surface area (Å²) in [7, 11) is 0. The van der Waals surface area contributed by atoms with Gasteiger partial charge in [0.1, 0.15) is 11.4 Å². The maximum absolute atomic E-state index is 13.7. The number of benzene rings is 2. The molecular weight excluding hydrogens is 509 g/mol. The molecule has 7 nitrogen and oxygen atoms in total. The number of ether oxygens (including phenoxy) is 1. The maximum Gasteiger partial charge on any atom is 0.471 e. The van der Waals surface area contributed by atoms with E-state index in [1.165, 1.54) is 0 Å². The third kappa shape index (κ3) is 4.78. The number of carbonyl (C=O) groups is 2. The Hall–Kier alpha value is -3.79. The Balaban J connectivity index is 1.27. The molecule has 3 aliphatic heterocycles. The van der Waals surface area contributed by atoms with Gasteiger partial charge in [-0.15, -0.1) is 0 Å². The topological polar surface area (TPSA) is 75.1 Å². The van der Waals surface area contributed by atoms with E-state index >= 15 is 0 Å². The van der Waals surface area contributed by atoms with Crippen LogP contribution in [-0.4, -0.2) is 77.0 Å². The predicted octanol–water partition coefficient (Wildman–Crippen LogP) is 4.45. The van der Waals surface area contributed by atoms with Gasteiger partial charge < -0.3 is 9.64 Å². The zero-order chi connectivity index (χ0) is 27.2. The van der Waals surface area contributed by atoms with Crippen LogP contribution in [0, 0.1) is 5.92 Å². The van der Waals surface area contributed by atoms with Gasteiger partial charge in [0.2, 0.25) is 0 Å². The highest BCUT2D eigenvalue weighted by molar-refractivity contribution is 6.15. The Morgan fingerprint density at radius 2 is 1.74 bits per heavy atom. The van der Waals surface area contributed by atoms with Crippen LogP contribution >= 0.6 is 0 Å². The smallest absolute Gasteiger partial charge is 0.381 e. The first-order valence-electron chi connectivity index (χ1n) is 13.0. The van der Waals surface area contributed by atoms with E-state index in [1.54, 1.807) is 11.1 Å². The number of fused-ring (bicyclic) bond motifs is 1. The zero-order valence-electron chi connectivity index (χ0n) is 21.2. The lowest BCUT2D eigenvalue weighted by molar-refractivity contribution is -0.184. The van der Waals surface area contributed by atoms with Crippen LogP contribution in [0.2, 0.25) is 0 Å². The minimum absolute atomic E-state index is 0.0197. The number of alkyl halides is 3. The summed E-state index contributed by atoms with van der Waals surface area (Å²) < 4.78 is 44.4. The lowest BCUT2D eigenvalue weighted by atomic mass is 9.90. The molecule has 0 bridgehead atoms. The van der Waals surface area contributed by atoms with Crippen LogP contribution < -0.4 is 0 Å². The number of rotatable bonds is 4. The molecule has 0 saturated carbocycles. The van der Waals surface area contributed by atoms with Gasteiger partial charge in [-0.05, 0) is 35.6 Å². The highest BCUT2D eigenvalue weighted by Crippen LogP contribution is 2.36. The van der Waals surface area contributed by atoms with Crippen LogP contribution in [0.25, 0.3) is 22.0 Å². The number of aliphatic imine (C=N–C) groups is 1. The molecule has 3 aliphatic rings.